The maximum atomic E-state index is 14.1. The van der Waals surface area contributed by atoms with E-state index in [9.17, 15) is 26.8 Å². The summed E-state index contributed by atoms with van der Waals surface area (Å²) in [5.74, 6) is -2.47. The number of sulfone groups is 1. The molecule has 1 atom stereocenters. The van der Waals surface area contributed by atoms with E-state index in [0.717, 1.165) is 18.4 Å². The van der Waals surface area contributed by atoms with Gasteiger partial charge in [-0.1, -0.05) is 18.2 Å². The van der Waals surface area contributed by atoms with Crippen molar-refractivity contribution in [2.75, 3.05) is 22.6 Å². The molecule has 35 heavy (non-hydrogen) atoms. The average molecular weight is 501 g/mol. The van der Waals surface area contributed by atoms with Crippen molar-refractivity contribution in [1.29, 1.82) is 0 Å². The molecular formula is C25H22F2N2O5S. The third-order valence-corrected chi connectivity index (χ3v) is 6.81. The van der Waals surface area contributed by atoms with E-state index in [0.29, 0.717) is 28.6 Å². The molecule has 0 fully saturated rings. The molecule has 4 rings (SSSR count). The van der Waals surface area contributed by atoms with Crippen molar-refractivity contribution in [3.63, 3.8) is 0 Å². The quantitative estimate of drug-likeness (QED) is 0.516. The number of ether oxygens (including phenoxy) is 1. The highest BCUT2D eigenvalue weighted by Crippen LogP contribution is 2.39. The fraction of sp³-hybridized carbons (Fsp3) is 0.200. The van der Waals surface area contributed by atoms with Gasteiger partial charge in [-0.2, -0.15) is 0 Å². The number of hydrogen-bond donors (Lipinski definition) is 0. The van der Waals surface area contributed by atoms with E-state index < -0.39 is 39.4 Å². The lowest BCUT2D eigenvalue weighted by molar-refractivity contribution is -0.117. The molecule has 0 saturated carbocycles. The normalized spacial score (nSPS) is 15.5. The number of rotatable bonds is 3. The molecule has 3 aromatic carbocycles. The van der Waals surface area contributed by atoms with Crippen LogP contribution in [0.15, 0.2) is 65.6 Å². The van der Waals surface area contributed by atoms with Gasteiger partial charge in [-0.3, -0.25) is 9.69 Å². The van der Waals surface area contributed by atoms with Crippen molar-refractivity contribution in [2.24, 2.45) is 0 Å². The summed E-state index contributed by atoms with van der Waals surface area (Å²) in [6.07, 6.45) is 0.225. The molecule has 3 aromatic rings. The Morgan fingerprint density at radius 2 is 1.60 bits per heavy atom. The van der Waals surface area contributed by atoms with E-state index in [1.54, 1.807) is 42.2 Å². The lowest BCUT2D eigenvalue weighted by Gasteiger charge is -2.40. The minimum Gasteiger partial charge on any atom is -0.407 e. The highest BCUT2D eigenvalue weighted by Gasteiger charge is 2.35. The van der Waals surface area contributed by atoms with Crippen molar-refractivity contribution in [3.05, 3.63) is 72.3 Å². The molecule has 182 valence electrons. The van der Waals surface area contributed by atoms with Gasteiger partial charge in [-0.05, 0) is 54.4 Å². The van der Waals surface area contributed by atoms with Crippen LogP contribution >= 0.6 is 0 Å². The van der Waals surface area contributed by atoms with E-state index in [-0.39, 0.29) is 17.3 Å². The molecule has 7 nitrogen and oxygen atoms in total. The Morgan fingerprint density at radius 1 is 0.943 bits per heavy atom. The highest BCUT2D eigenvalue weighted by atomic mass is 32.2. The number of fused-ring (bicyclic) bond motifs is 1. The molecule has 2 amide bonds. The molecule has 0 radical (unpaired) electrons. The summed E-state index contributed by atoms with van der Waals surface area (Å²) >= 11 is 0. The van der Waals surface area contributed by atoms with Crippen LogP contribution in [0.25, 0.3) is 11.1 Å². The third kappa shape index (κ3) is 4.88. The summed E-state index contributed by atoms with van der Waals surface area (Å²) in [4.78, 5) is 28.4. The molecule has 0 spiro atoms. The third-order valence-electron chi connectivity index (χ3n) is 5.68. The van der Waals surface area contributed by atoms with Crippen molar-refractivity contribution in [1.82, 2.24) is 0 Å². The largest absolute Gasteiger partial charge is 0.419 e. The minimum absolute atomic E-state index is 0.0741. The molecule has 10 heteroatoms. The molecule has 0 aromatic heterocycles. The second-order valence-corrected chi connectivity index (χ2v) is 10.3. The SMILES string of the molecule is CC(=O)N1c2ccc(-c3ccc(S(C)(=O)=O)cc3)cc2N(C(=O)Oc2ccc(F)cc2F)C[C@@H]1C. The van der Waals surface area contributed by atoms with Gasteiger partial charge in [0.05, 0.1) is 22.3 Å². The molecule has 0 N–H and O–H groups in total. The lowest BCUT2D eigenvalue weighted by atomic mass is 10.0. The summed E-state index contributed by atoms with van der Waals surface area (Å²) in [5.41, 5.74) is 2.17. The summed E-state index contributed by atoms with van der Waals surface area (Å²) < 4.78 is 56.1. The number of hydrogen-bond acceptors (Lipinski definition) is 5. The first-order chi connectivity index (χ1) is 16.5. The topological polar surface area (TPSA) is 84.0 Å². The number of carbonyl (C=O) groups is 2. The molecule has 1 aliphatic rings. The fourth-order valence-corrected chi connectivity index (χ4v) is 4.69. The number of carbonyl (C=O) groups excluding carboxylic acids is 2. The van der Waals surface area contributed by atoms with Crippen LogP contribution in [0.1, 0.15) is 13.8 Å². The first-order valence-electron chi connectivity index (χ1n) is 10.6. The van der Waals surface area contributed by atoms with Gasteiger partial charge in [0.15, 0.2) is 21.4 Å². The Bertz CT molecular complexity index is 1420. The van der Waals surface area contributed by atoms with Gasteiger partial charge in [0, 0.05) is 25.8 Å². The van der Waals surface area contributed by atoms with Crippen LogP contribution in [0, 0.1) is 11.6 Å². The first-order valence-corrected chi connectivity index (χ1v) is 12.5. The van der Waals surface area contributed by atoms with E-state index in [1.165, 1.54) is 24.0 Å². The molecule has 0 bridgehead atoms. The lowest BCUT2D eigenvalue weighted by Crippen LogP contribution is -2.52. The highest BCUT2D eigenvalue weighted by molar-refractivity contribution is 7.90. The summed E-state index contributed by atoms with van der Waals surface area (Å²) in [5, 5.41) is 0. The van der Waals surface area contributed by atoms with Crippen LogP contribution in [0.3, 0.4) is 0 Å². The molecule has 0 saturated heterocycles. The average Bonchev–Trinajstić information content (AvgIpc) is 2.79. The Labute approximate surface area is 201 Å². The second kappa shape index (κ2) is 9.10. The van der Waals surface area contributed by atoms with Crippen LogP contribution in [-0.2, 0) is 14.6 Å². The zero-order chi connectivity index (χ0) is 25.5. The number of nitrogens with zero attached hydrogens (tertiary/aromatic N) is 2. The van der Waals surface area contributed by atoms with Crippen LogP contribution in [0.2, 0.25) is 0 Å². The molecule has 0 aliphatic carbocycles. The molecular weight excluding hydrogens is 478 g/mol. The van der Waals surface area contributed by atoms with E-state index in [1.807, 2.05) is 0 Å². The van der Waals surface area contributed by atoms with Gasteiger partial charge in [0.25, 0.3) is 0 Å². The standard InChI is InChI=1S/C25H22F2N2O5S/c1-15-14-28(25(31)34-24-11-7-19(26)13-21(24)27)23-12-18(6-10-22(23)29(15)16(2)30)17-4-8-20(9-5-17)35(3,32)33/h4-13,15H,14H2,1-3H3/t15-/m0/s1. The zero-order valence-electron chi connectivity index (χ0n) is 19.2. The van der Waals surface area contributed by atoms with Crippen molar-refractivity contribution in [2.45, 2.75) is 24.8 Å². The summed E-state index contributed by atoms with van der Waals surface area (Å²) in [6.45, 7) is 3.26. The maximum absolute atomic E-state index is 14.1. The maximum Gasteiger partial charge on any atom is 0.419 e. The number of halogens is 2. The van der Waals surface area contributed by atoms with Crippen molar-refractivity contribution in [3.8, 4) is 16.9 Å². The van der Waals surface area contributed by atoms with Gasteiger partial charge in [0.1, 0.15) is 5.82 Å². The Morgan fingerprint density at radius 3 is 2.20 bits per heavy atom. The molecule has 1 aliphatic heterocycles. The molecule has 1 heterocycles. The van der Waals surface area contributed by atoms with E-state index in [4.69, 9.17) is 4.74 Å². The van der Waals surface area contributed by atoms with Gasteiger partial charge in [0.2, 0.25) is 5.91 Å². The fourth-order valence-electron chi connectivity index (χ4n) is 4.06. The summed E-state index contributed by atoms with van der Waals surface area (Å²) in [6, 6.07) is 13.6. The Balaban J connectivity index is 1.75. The van der Waals surface area contributed by atoms with Gasteiger partial charge < -0.3 is 9.64 Å². The van der Waals surface area contributed by atoms with E-state index in [2.05, 4.69) is 0 Å². The minimum atomic E-state index is -3.36. The number of anilines is 2. The number of benzene rings is 3. The number of amides is 2. The van der Waals surface area contributed by atoms with Crippen LogP contribution in [0.4, 0.5) is 25.0 Å². The van der Waals surface area contributed by atoms with Crippen molar-refractivity contribution >= 4 is 33.2 Å². The summed E-state index contributed by atoms with van der Waals surface area (Å²) in [7, 11) is -3.36. The Kier molecular flexibility index (Phi) is 6.33. The van der Waals surface area contributed by atoms with E-state index >= 15 is 0 Å². The van der Waals surface area contributed by atoms with Crippen LogP contribution in [0.5, 0.6) is 5.75 Å². The first kappa shape index (κ1) is 24.3. The van der Waals surface area contributed by atoms with Gasteiger partial charge in [-0.15, -0.1) is 0 Å². The molecule has 0 unspecified atom stereocenters. The zero-order valence-corrected chi connectivity index (χ0v) is 20.0. The van der Waals surface area contributed by atoms with Gasteiger partial charge in [-0.25, -0.2) is 22.0 Å². The predicted octanol–water partition coefficient (Wildman–Crippen LogP) is 4.80. The van der Waals surface area contributed by atoms with Crippen LogP contribution < -0.4 is 14.5 Å². The monoisotopic (exact) mass is 500 g/mol. The van der Waals surface area contributed by atoms with Crippen LogP contribution in [-0.4, -0.2) is 39.3 Å². The Hall–Kier alpha value is -3.79. The second-order valence-electron chi connectivity index (χ2n) is 8.29. The van der Waals surface area contributed by atoms with Gasteiger partial charge >= 0.3 is 6.09 Å². The smallest absolute Gasteiger partial charge is 0.407 e. The predicted molar refractivity (Wildman–Crippen MR) is 127 cm³/mol. The van der Waals surface area contributed by atoms with Crippen molar-refractivity contribution < 1.29 is 31.5 Å².